The van der Waals surface area contributed by atoms with Gasteiger partial charge in [-0.2, -0.15) is 26.3 Å². The average molecular weight is 300 g/mol. The number of hydrogen-bond acceptors (Lipinski definition) is 3. The fourth-order valence-corrected chi connectivity index (χ4v) is 3.47. The van der Waals surface area contributed by atoms with E-state index >= 15 is 0 Å². The topological polar surface area (TPSA) is 43.4 Å². The summed E-state index contributed by atoms with van der Waals surface area (Å²) >= 11 is 0. The van der Waals surface area contributed by atoms with Crippen molar-refractivity contribution in [1.82, 2.24) is 0 Å². The summed E-state index contributed by atoms with van der Waals surface area (Å²) in [6.45, 7) is 1.12. The molecule has 0 aliphatic carbocycles. The van der Waals surface area contributed by atoms with Crippen LogP contribution in [0.1, 0.15) is 6.92 Å². The highest BCUT2D eigenvalue weighted by Crippen LogP contribution is 2.53. The third-order valence-electron chi connectivity index (χ3n) is 1.66. The zero-order chi connectivity index (χ0) is 14.6. The molecule has 0 heterocycles. The third-order valence-corrected chi connectivity index (χ3v) is 4.36. The predicted molar refractivity (Wildman–Crippen MR) is 51.0 cm³/mol. The minimum Gasteiger partial charge on any atom is -0.466 e. The number of rotatable bonds is 5. The van der Waals surface area contributed by atoms with Crippen molar-refractivity contribution in [1.29, 1.82) is 0 Å². The van der Waals surface area contributed by atoms with Crippen LogP contribution in [0.5, 0.6) is 0 Å². The standard InChI is InChI=1S/C8H11F6O3P/c1-2-17-6(15)3-18(16,4-7(9,10)11)5-8(12,13)14/h2-5H2,1H3. The zero-order valence-corrected chi connectivity index (χ0v) is 10.2. The molecule has 0 spiro atoms. The predicted octanol–water partition coefficient (Wildman–Crippen LogP) is 3.04. The molecular weight excluding hydrogens is 289 g/mol. The van der Waals surface area contributed by atoms with Crippen LogP contribution in [0, 0.1) is 0 Å². The molecule has 0 aromatic heterocycles. The number of carbonyl (C=O) groups is 1. The molecular formula is C8H11F6O3P. The first kappa shape index (κ1) is 17.3. The number of hydrogen-bond donors (Lipinski definition) is 0. The summed E-state index contributed by atoms with van der Waals surface area (Å²) in [7, 11) is -4.77. The van der Waals surface area contributed by atoms with Gasteiger partial charge in [0.15, 0.2) is 0 Å². The Balaban J connectivity index is 4.93. The fourth-order valence-electron chi connectivity index (χ4n) is 1.26. The van der Waals surface area contributed by atoms with Gasteiger partial charge in [0.05, 0.1) is 25.1 Å². The summed E-state index contributed by atoms with van der Waals surface area (Å²) in [6.07, 6.45) is -15.7. The van der Waals surface area contributed by atoms with E-state index < -0.39 is 43.9 Å². The maximum absolute atomic E-state index is 12.1. The number of halogens is 6. The molecule has 0 rings (SSSR count). The van der Waals surface area contributed by atoms with Crippen LogP contribution in [0.3, 0.4) is 0 Å². The van der Waals surface area contributed by atoms with Gasteiger partial charge in [-0.05, 0) is 6.92 Å². The number of esters is 1. The molecule has 18 heavy (non-hydrogen) atoms. The molecule has 108 valence electrons. The van der Waals surface area contributed by atoms with Crippen molar-refractivity contribution in [2.24, 2.45) is 0 Å². The minimum atomic E-state index is -5.03. The van der Waals surface area contributed by atoms with Crippen LogP contribution in [0.15, 0.2) is 0 Å². The second kappa shape index (κ2) is 5.95. The van der Waals surface area contributed by atoms with E-state index in [0.29, 0.717) is 0 Å². The molecule has 0 aromatic rings. The normalized spacial score (nSPS) is 13.5. The monoisotopic (exact) mass is 300 g/mol. The first-order chi connectivity index (χ1) is 7.87. The molecule has 0 aromatic carbocycles. The van der Waals surface area contributed by atoms with Gasteiger partial charge in [0.25, 0.3) is 0 Å². The molecule has 0 N–H and O–H groups in total. The first-order valence-electron chi connectivity index (χ1n) is 4.73. The van der Waals surface area contributed by atoms with Crippen molar-refractivity contribution in [2.45, 2.75) is 19.3 Å². The lowest BCUT2D eigenvalue weighted by Gasteiger charge is -2.20. The van der Waals surface area contributed by atoms with Crippen molar-refractivity contribution in [3.05, 3.63) is 0 Å². The lowest BCUT2D eigenvalue weighted by Crippen LogP contribution is -2.26. The summed E-state index contributed by atoms with van der Waals surface area (Å²) in [6, 6.07) is 0. The second-order valence-corrected chi connectivity index (χ2v) is 6.63. The van der Waals surface area contributed by atoms with Crippen LogP contribution in [-0.4, -0.2) is 43.4 Å². The minimum absolute atomic E-state index is 0.211. The number of ether oxygens (including phenoxy) is 1. The van der Waals surface area contributed by atoms with Crippen LogP contribution < -0.4 is 0 Å². The molecule has 0 aliphatic heterocycles. The Kier molecular flexibility index (Phi) is 5.71. The van der Waals surface area contributed by atoms with Crippen LogP contribution in [0.2, 0.25) is 0 Å². The second-order valence-electron chi connectivity index (χ2n) is 3.57. The summed E-state index contributed by atoms with van der Waals surface area (Å²) in [4.78, 5) is 10.9. The van der Waals surface area contributed by atoms with E-state index in [1.165, 1.54) is 6.92 Å². The Bertz CT molecular complexity index is 315. The van der Waals surface area contributed by atoms with Crippen LogP contribution in [0.4, 0.5) is 26.3 Å². The molecule has 10 heteroatoms. The van der Waals surface area contributed by atoms with Crippen molar-refractivity contribution in [3.8, 4) is 0 Å². The highest BCUT2D eigenvalue weighted by Gasteiger charge is 2.47. The molecule has 0 saturated heterocycles. The Labute approximate surface area is 98.9 Å². The third kappa shape index (κ3) is 8.38. The van der Waals surface area contributed by atoms with Gasteiger partial charge in [-0.3, -0.25) is 4.79 Å². The molecule has 0 unspecified atom stereocenters. The molecule has 0 atom stereocenters. The van der Waals surface area contributed by atoms with Gasteiger partial charge in [-0.25, -0.2) is 0 Å². The van der Waals surface area contributed by atoms with E-state index in [-0.39, 0.29) is 6.61 Å². The van der Waals surface area contributed by atoms with Gasteiger partial charge >= 0.3 is 18.3 Å². The maximum Gasteiger partial charge on any atom is 0.395 e. The molecule has 0 bridgehead atoms. The highest BCUT2D eigenvalue weighted by atomic mass is 31.2. The van der Waals surface area contributed by atoms with Gasteiger partial charge in [0, 0.05) is 0 Å². The van der Waals surface area contributed by atoms with Crippen molar-refractivity contribution in [3.63, 3.8) is 0 Å². The largest absolute Gasteiger partial charge is 0.466 e. The molecule has 0 aliphatic rings. The van der Waals surface area contributed by atoms with Crippen LogP contribution >= 0.6 is 7.14 Å². The molecule has 0 saturated carbocycles. The molecule has 0 fully saturated rings. The van der Waals surface area contributed by atoms with Crippen LogP contribution in [-0.2, 0) is 14.1 Å². The summed E-state index contributed by atoms with van der Waals surface area (Å²) in [5.74, 6) is -1.32. The molecule has 3 nitrogen and oxygen atoms in total. The van der Waals surface area contributed by atoms with Gasteiger partial charge in [0.1, 0.15) is 7.14 Å². The summed E-state index contributed by atoms with van der Waals surface area (Å²) in [5.41, 5.74) is 0. The number of carbonyl (C=O) groups excluding carboxylic acids is 1. The van der Waals surface area contributed by atoms with E-state index in [4.69, 9.17) is 0 Å². The van der Waals surface area contributed by atoms with Crippen molar-refractivity contribution >= 4 is 13.1 Å². The quantitative estimate of drug-likeness (QED) is 0.445. The average Bonchev–Trinajstić information content (AvgIpc) is 1.93. The van der Waals surface area contributed by atoms with E-state index in [2.05, 4.69) is 4.74 Å². The first-order valence-corrected chi connectivity index (χ1v) is 6.99. The van der Waals surface area contributed by atoms with Gasteiger partial charge in [-0.1, -0.05) is 0 Å². The van der Waals surface area contributed by atoms with E-state index in [0.717, 1.165) is 0 Å². The fraction of sp³-hybridized carbons (Fsp3) is 0.875. The highest BCUT2D eigenvalue weighted by molar-refractivity contribution is 7.64. The number of alkyl halides is 6. The zero-order valence-electron chi connectivity index (χ0n) is 9.27. The maximum atomic E-state index is 12.1. The van der Waals surface area contributed by atoms with Gasteiger partial charge in [0.2, 0.25) is 0 Å². The molecule has 0 radical (unpaired) electrons. The Hall–Kier alpha value is -0.720. The lowest BCUT2D eigenvalue weighted by atomic mass is 10.7. The SMILES string of the molecule is CCOC(=O)CP(=O)(CC(F)(F)F)CC(F)(F)F. The molecule has 0 amide bonds. The van der Waals surface area contributed by atoms with Gasteiger partial charge in [-0.15, -0.1) is 0 Å². The van der Waals surface area contributed by atoms with Crippen molar-refractivity contribution < 1.29 is 40.4 Å². The smallest absolute Gasteiger partial charge is 0.395 e. The van der Waals surface area contributed by atoms with Crippen LogP contribution in [0.25, 0.3) is 0 Å². The van der Waals surface area contributed by atoms with E-state index in [9.17, 15) is 35.7 Å². The van der Waals surface area contributed by atoms with Gasteiger partial charge < -0.3 is 9.30 Å². The van der Waals surface area contributed by atoms with E-state index in [1.807, 2.05) is 0 Å². The van der Waals surface area contributed by atoms with E-state index in [1.54, 1.807) is 0 Å². The Morgan fingerprint density at radius 1 is 1.06 bits per heavy atom. The lowest BCUT2D eigenvalue weighted by molar-refractivity contribution is -0.140. The van der Waals surface area contributed by atoms with Crippen molar-refractivity contribution in [2.75, 3.05) is 25.1 Å². The summed E-state index contributed by atoms with van der Waals surface area (Å²) in [5, 5.41) is 0. The Morgan fingerprint density at radius 3 is 1.72 bits per heavy atom. The Morgan fingerprint density at radius 2 is 1.44 bits per heavy atom. The summed E-state index contributed by atoms with van der Waals surface area (Å²) < 4.78 is 88.2.